The molecule has 3 aromatic rings. The Morgan fingerprint density at radius 2 is 1.73 bits per heavy atom. The molecule has 0 aliphatic carbocycles. The van der Waals surface area contributed by atoms with Crippen LogP contribution in [0.4, 0.5) is 0 Å². The average molecular weight is 599 g/mol. The number of sulfonamides is 1. The zero-order valence-electron chi connectivity index (χ0n) is 23.0. The van der Waals surface area contributed by atoms with E-state index in [-0.39, 0.29) is 35.0 Å². The Bertz CT molecular complexity index is 1560. The lowest BCUT2D eigenvalue weighted by Crippen LogP contribution is -2.30. The van der Waals surface area contributed by atoms with E-state index in [9.17, 15) is 18.0 Å². The standard InChI is InChI=1S/C30H31ClN2O7S/c1-21-28(30(35)39-3)27(29(34)33(21)16-7-17-38-2)18-24-14-15-25(40-24)20-32(19-22-10-12-23(31)13-11-22)41(36,37)26-8-5-4-6-9-26/h4-6,8-15,18H,7,16-17,19-20H2,1-3H3/b27-18+. The molecule has 0 N–H and O–H groups in total. The van der Waals surface area contributed by atoms with Gasteiger partial charge in [0.15, 0.2) is 0 Å². The molecule has 0 atom stereocenters. The van der Waals surface area contributed by atoms with E-state index in [2.05, 4.69) is 0 Å². The fraction of sp³-hybridized carbons (Fsp3) is 0.267. The first-order valence-electron chi connectivity index (χ1n) is 12.9. The lowest BCUT2D eigenvalue weighted by atomic mass is 10.1. The van der Waals surface area contributed by atoms with Crippen LogP contribution in [-0.2, 0) is 42.2 Å². The quantitative estimate of drug-likeness (QED) is 0.163. The van der Waals surface area contributed by atoms with E-state index in [1.807, 2.05) is 0 Å². The lowest BCUT2D eigenvalue weighted by molar-refractivity contribution is -0.136. The van der Waals surface area contributed by atoms with Gasteiger partial charge >= 0.3 is 5.97 Å². The smallest absolute Gasteiger partial charge is 0.340 e. The SMILES string of the molecule is COCCCN1C(=O)/C(=C/c2ccc(CN(Cc3ccc(Cl)cc3)S(=O)(=O)c3ccccc3)o2)C(C(=O)OC)=C1C. The number of carbonyl (C=O) groups excluding carboxylic acids is 2. The highest BCUT2D eigenvalue weighted by Crippen LogP contribution is 2.32. The van der Waals surface area contributed by atoms with Gasteiger partial charge in [0.2, 0.25) is 10.0 Å². The Hall–Kier alpha value is -3.70. The molecule has 4 rings (SSSR count). The average Bonchev–Trinajstić information content (AvgIpc) is 3.51. The van der Waals surface area contributed by atoms with Crippen molar-refractivity contribution in [1.29, 1.82) is 0 Å². The van der Waals surface area contributed by atoms with Crippen molar-refractivity contribution in [3.8, 4) is 0 Å². The largest absolute Gasteiger partial charge is 0.465 e. The highest BCUT2D eigenvalue weighted by Gasteiger charge is 2.37. The summed E-state index contributed by atoms with van der Waals surface area (Å²) >= 11 is 6.02. The highest BCUT2D eigenvalue weighted by atomic mass is 35.5. The maximum Gasteiger partial charge on any atom is 0.340 e. The predicted molar refractivity (Wildman–Crippen MR) is 154 cm³/mol. The molecule has 1 aromatic heterocycles. The van der Waals surface area contributed by atoms with Crippen molar-refractivity contribution in [3.63, 3.8) is 0 Å². The van der Waals surface area contributed by atoms with Gasteiger partial charge in [0.05, 0.1) is 29.7 Å². The summed E-state index contributed by atoms with van der Waals surface area (Å²) in [6.07, 6.45) is 2.07. The Morgan fingerprint density at radius 3 is 2.39 bits per heavy atom. The fourth-order valence-electron chi connectivity index (χ4n) is 4.50. The Balaban J connectivity index is 1.64. The van der Waals surface area contributed by atoms with Crippen LogP contribution in [0, 0.1) is 0 Å². The number of carbonyl (C=O) groups is 2. The first-order chi connectivity index (χ1) is 19.6. The number of methoxy groups -OCH3 is 2. The third-order valence-corrected chi connectivity index (χ3v) is 8.64. The molecule has 1 aliphatic heterocycles. The Morgan fingerprint density at radius 1 is 1.02 bits per heavy atom. The van der Waals surface area contributed by atoms with Crippen LogP contribution in [0.15, 0.2) is 92.9 Å². The normalized spacial score (nSPS) is 14.9. The second kappa shape index (κ2) is 13.3. The maximum atomic E-state index is 13.6. The van der Waals surface area contributed by atoms with Crippen LogP contribution in [0.2, 0.25) is 5.02 Å². The first kappa shape index (κ1) is 30.3. The van der Waals surface area contributed by atoms with Crippen LogP contribution in [0.3, 0.4) is 0 Å². The van der Waals surface area contributed by atoms with Crippen molar-refractivity contribution in [2.45, 2.75) is 31.3 Å². The van der Waals surface area contributed by atoms with Gasteiger partial charge in [-0.25, -0.2) is 13.2 Å². The molecule has 0 saturated heterocycles. The van der Waals surface area contributed by atoms with Gasteiger partial charge < -0.3 is 18.8 Å². The van der Waals surface area contributed by atoms with Crippen molar-refractivity contribution < 1.29 is 31.9 Å². The molecule has 0 bridgehead atoms. The summed E-state index contributed by atoms with van der Waals surface area (Å²) < 4.78 is 44.5. The van der Waals surface area contributed by atoms with Gasteiger partial charge in [-0.15, -0.1) is 0 Å². The first-order valence-corrected chi connectivity index (χ1v) is 14.7. The van der Waals surface area contributed by atoms with Crippen molar-refractivity contribution in [2.24, 2.45) is 0 Å². The zero-order valence-corrected chi connectivity index (χ0v) is 24.6. The minimum Gasteiger partial charge on any atom is -0.465 e. The predicted octanol–water partition coefficient (Wildman–Crippen LogP) is 5.03. The molecule has 2 aromatic carbocycles. The maximum absolute atomic E-state index is 13.6. The monoisotopic (exact) mass is 598 g/mol. The van der Waals surface area contributed by atoms with Gasteiger partial charge in [0.1, 0.15) is 11.5 Å². The van der Waals surface area contributed by atoms with Crippen LogP contribution in [-0.4, -0.2) is 56.9 Å². The topological polar surface area (TPSA) is 106 Å². The molecule has 216 valence electrons. The van der Waals surface area contributed by atoms with E-state index in [0.717, 1.165) is 5.56 Å². The number of furan rings is 1. The molecular formula is C30H31ClN2O7S. The van der Waals surface area contributed by atoms with Crippen molar-refractivity contribution in [1.82, 2.24) is 9.21 Å². The second-order valence-electron chi connectivity index (χ2n) is 9.33. The molecule has 0 radical (unpaired) electrons. The molecule has 1 aliphatic rings. The molecule has 1 amide bonds. The number of allylic oxidation sites excluding steroid dienone is 1. The van der Waals surface area contributed by atoms with Crippen molar-refractivity contribution in [3.05, 3.63) is 106 Å². The van der Waals surface area contributed by atoms with Crippen LogP contribution in [0.5, 0.6) is 0 Å². The van der Waals surface area contributed by atoms with Crippen molar-refractivity contribution in [2.75, 3.05) is 27.4 Å². The third-order valence-electron chi connectivity index (χ3n) is 6.59. The summed E-state index contributed by atoms with van der Waals surface area (Å²) in [6, 6.07) is 18.4. The van der Waals surface area contributed by atoms with E-state index in [1.165, 1.54) is 34.5 Å². The molecule has 0 saturated carbocycles. The number of halogens is 1. The number of ether oxygens (including phenoxy) is 2. The number of rotatable bonds is 12. The number of nitrogens with zero attached hydrogens (tertiary/aromatic N) is 2. The summed E-state index contributed by atoms with van der Waals surface area (Å²) in [5.41, 5.74) is 1.53. The highest BCUT2D eigenvalue weighted by molar-refractivity contribution is 7.89. The molecular weight excluding hydrogens is 568 g/mol. The van der Waals surface area contributed by atoms with E-state index in [4.69, 9.17) is 25.5 Å². The lowest BCUT2D eigenvalue weighted by Gasteiger charge is -2.21. The molecule has 9 nitrogen and oxygen atoms in total. The van der Waals surface area contributed by atoms with Crippen LogP contribution in [0.25, 0.3) is 6.08 Å². The molecule has 11 heteroatoms. The van der Waals surface area contributed by atoms with Gasteiger partial charge in [-0.1, -0.05) is 41.9 Å². The van der Waals surface area contributed by atoms with E-state index in [0.29, 0.717) is 41.8 Å². The van der Waals surface area contributed by atoms with Crippen molar-refractivity contribution >= 4 is 39.6 Å². The Labute approximate surface area is 244 Å². The molecule has 2 heterocycles. The van der Waals surface area contributed by atoms with Gasteiger partial charge in [0.25, 0.3) is 5.91 Å². The molecule has 0 fully saturated rings. The second-order valence-corrected chi connectivity index (χ2v) is 11.7. The minimum atomic E-state index is -3.89. The van der Waals surface area contributed by atoms with E-state index in [1.54, 1.807) is 68.6 Å². The van der Waals surface area contributed by atoms with Crippen LogP contribution >= 0.6 is 11.6 Å². The number of benzene rings is 2. The number of esters is 1. The summed E-state index contributed by atoms with van der Waals surface area (Å²) in [6.45, 7) is 2.53. The zero-order chi connectivity index (χ0) is 29.6. The Kier molecular flexibility index (Phi) is 9.82. The molecule has 0 spiro atoms. The minimum absolute atomic E-state index is 0.0706. The van der Waals surface area contributed by atoms with Gasteiger partial charge in [0, 0.05) is 37.5 Å². The van der Waals surface area contributed by atoms with Gasteiger partial charge in [-0.3, -0.25) is 4.79 Å². The third kappa shape index (κ3) is 6.97. The fourth-order valence-corrected chi connectivity index (χ4v) is 6.04. The summed E-state index contributed by atoms with van der Waals surface area (Å²) in [4.78, 5) is 27.5. The van der Waals surface area contributed by atoms with Gasteiger partial charge in [-0.05, 0) is 61.4 Å². The van der Waals surface area contributed by atoms with Crippen LogP contribution < -0.4 is 0 Å². The van der Waals surface area contributed by atoms with Crippen LogP contribution in [0.1, 0.15) is 30.4 Å². The van der Waals surface area contributed by atoms with E-state index >= 15 is 0 Å². The number of amides is 1. The van der Waals surface area contributed by atoms with E-state index < -0.39 is 16.0 Å². The number of hydrogen-bond acceptors (Lipinski definition) is 7. The summed E-state index contributed by atoms with van der Waals surface area (Å²) in [5.74, 6) is -0.341. The molecule has 0 unspecified atom stereocenters. The van der Waals surface area contributed by atoms with Gasteiger partial charge in [-0.2, -0.15) is 4.31 Å². The summed E-state index contributed by atoms with van der Waals surface area (Å²) in [7, 11) is -1.06. The summed E-state index contributed by atoms with van der Waals surface area (Å²) in [5, 5.41) is 0.546. The number of hydrogen-bond donors (Lipinski definition) is 0. The molecule has 41 heavy (non-hydrogen) atoms.